The summed E-state index contributed by atoms with van der Waals surface area (Å²) in [6, 6.07) is 0. The summed E-state index contributed by atoms with van der Waals surface area (Å²) >= 11 is 0. The van der Waals surface area contributed by atoms with Crippen molar-refractivity contribution in [2.24, 2.45) is 0 Å². The van der Waals surface area contributed by atoms with Gasteiger partial charge in [0.05, 0.1) is 0 Å². The Kier molecular flexibility index (Phi) is 8.01. The molecule has 70 valence electrons. The zero-order valence-electron chi connectivity index (χ0n) is 7.50. The minimum atomic E-state index is -0.833. The van der Waals surface area contributed by atoms with E-state index in [9.17, 15) is 4.79 Å². The number of nitrogens with one attached hydrogen (secondary N) is 1. The Morgan fingerprint density at radius 1 is 1.58 bits per heavy atom. The maximum atomic E-state index is 10.6. The third kappa shape index (κ3) is 16.1. The molecule has 0 atom stereocenters. The molecule has 0 aliphatic rings. The van der Waals surface area contributed by atoms with Crippen LogP contribution in [0.2, 0.25) is 0 Å². The average Bonchev–Trinajstić information content (AvgIpc) is 1.86. The summed E-state index contributed by atoms with van der Waals surface area (Å²) in [5.74, 6) is -0.123. The molecule has 0 saturated carbocycles. The fraction of sp³-hybridized carbons (Fsp3) is 0.571. The SMILES string of the molecule is C=CC(=O)NC(C)(C)C.O=PO. The van der Waals surface area contributed by atoms with E-state index in [1.165, 1.54) is 6.08 Å². The van der Waals surface area contributed by atoms with E-state index in [-0.39, 0.29) is 11.4 Å². The molecule has 0 aromatic heterocycles. The topological polar surface area (TPSA) is 66.4 Å². The molecule has 0 aliphatic carbocycles. The highest BCUT2D eigenvalue weighted by atomic mass is 31.1. The molecule has 0 spiro atoms. The Morgan fingerprint density at radius 2 is 1.92 bits per heavy atom. The van der Waals surface area contributed by atoms with Crippen molar-refractivity contribution in [1.82, 2.24) is 5.32 Å². The van der Waals surface area contributed by atoms with Gasteiger partial charge in [-0.15, -0.1) is 0 Å². The van der Waals surface area contributed by atoms with Crippen LogP contribution in [0.5, 0.6) is 0 Å². The lowest BCUT2D eigenvalue weighted by Crippen LogP contribution is -2.39. The molecule has 0 rings (SSSR count). The summed E-state index contributed by atoms with van der Waals surface area (Å²) in [5.41, 5.74) is -0.148. The summed E-state index contributed by atoms with van der Waals surface area (Å²) in [6.45, 7) is 9.11. The first-order valence-electron chi connectivity index (χ1n) is 3.28. The average molecular weight is 191 g/mol. The molecule has 0 saturated heterocycles. The van der Waals surface area contributed by atoms with Crippen molar-refractivity contribution in [3.63, 3.8) is 0 Å². The summed E-state index contributed by atoms with van der Waals surface area (Å²) in [5, 5.41) is 2.71. The van der Waals surface area contributed by atoms with Gasteiger partial charge in [0.2, 0.25) is 5.91 Å². The number of carbonyl (C=O) groups excluding carboxylic acids is 1. The van der Waals surface area contributed by atoms with Crippen LogP contribution in [0.4, 0.5) is 0 Å². The quantitative estimate of drug-likeness (QED) is 0.484. The van der Waals surface area contributed by atoms with E-state index in [2.05, 4.69) is 11.9 Å². The van der Waals surface area contributed by atoms with Crippen LogP contribution in [0.1, 0.15) is 20.8 Å². The van der Waals surface area contributed by atoms with Gasteiger partial charge in [0.15, 0.2) is 0 Å². The van der Waals surface area contributed by atoms with Crippen LogP contribution >= 0.6 is 8.69 Å². The van der Waals surface area contributed by atoms with Gasteiger partial charge in [-0.2, -0.15) is 0 Å². The van der Waals surface area contributed by atoms with Crippen molar-refractivity contribution in [2.45, 2.75) is 26.3 Å². The Morgan fingerprint density at radius 3 is 2.00 bits per heavy atom. The third-order valence-electron chi connectivity index (χ3n) is 0.684. The first kappa shape index (κ1) is 13.8. The minimum absolute atomic E-state index is 0.123. The molecule has 5 heteroatoms. The largest absolute Gasteiger partial charge is 0.348 e. The molecule has 0 aromatic rings. The second kappa shape index (κ2) is 6.95. The van der Waals surface area contributed by atoms with E-state index in [1.54, 1.807) is 0 Å². The molecule has 1 amide bonds. The predicted octanol–water partition coefficient (Wildman–Crippen LogP) is 1.27. The van der Waals surface area contributed by atoms with Crippen LogP contribution in [0, 0.1) is 0 Å². The molecule has 0 aliphatic heterocycles. The Hall–Kier alpha value is -0.730. The highest BCUT2D eigenvalue weighted by molar-refractivity contribution is 7.16. The van der Waals surface area contributed by atoms with Gasteiger partial charge in [0.1, 0.15) is 0 Å². The molecule has 0 radical (unpaired) electrons. The zero-order chi connectivity index (χ0) is 10.2. The van der Waals surface area contributed by atoms with Crippen molar-refractivity contribution in [3.05, 3.63) is 12.7 Å². The molecular formula is C7H14NO3P. The van der Waals surface area contributed by atoms with Crippen LogP contribution in [0.3, 0.4) is 0 Å². The highest BCUT2D eigenvalue weighted by Crippen LogP contribution is 1.97. The number of amides is 1. The van der Waals surface area contributed by atoms with Crippen molar-refractivity contribution < 1.29 is 14.3 Å². The summed E-state index contributed by atoms with van der Waals surface area (Å²) in [6.07, 6.45) is 1.27. The minimum Gasteiger partial charge on any atom is -0.348 e. The lowest BCUT2D eigenvalue weighted by Gasteiger charge is -2.18. The maximum absolute atomic E-state index is 10.6. The van der Waals surface area contributed by atoms with Crippen LogP contribution < -0.4 is 5.32 Å². The van der Waals surface area contributed by atoms with Crippen molar-refractivity contribution in [1.29, 1.82) is 0 Å². The van der Waals surface area contributed by atoms with E-state index in [0.29, 0.717) is 0 Å². The van der Waals surface area contributed by atoms with Crippen LogP contribution in [-0.2, 0) is 9.36 Å². The summed E-state index contributed by atoms with van der Waals surface area (Å²) in [7, 11) is -0.833. The molecule has 2 N–H and O–H groups in total. The van der Waals surface area contributed by atoms with Gasteiger partial charge in [0.25, 0.3) is 0 Å². The molecule has 0 aromatic carbocycles. The molecule has 0 unspecified atom stereocenters. The molecule has 0 heterocycles. The van der Waals surface area contributed by atoms with Crippen molar-refractivity contribution >= 4 is 14.6 Å². The molecule has 4 nitrogen and oxygen atoms in total. The van der Waals surface area contributed by atoms with Crippen molar-refractivity contribution in [3.8, 4) is 0 Å². The van der Waals surface area contributed by atoms with Gasteiger partial charge in [-0.25, -0.2) is 4.57 Å². The number of hydrogen-bond donors (Lipinski definition) is 2. The fourth-order valence-corrected chi connectivity index (χ4v) is 0.421. The monoisotopic (exact) mass is 191 g/mol. The Labute approximate surface area is 74.0 Å². The van der Waals surface area contributed by atoms with E-state index in [1.807, 2.05) is 20.8 Å². The standard InChI is InChI=1S/C7H13NO.HO2P/c1-5-6(9)8-7(2,3)4;1-3-2/h5H,1H2,2-4H3,(H,8,9);(H,1,2). The van der Waals surface area contributed by atoms with E-state index >= 15 is 0 Å². The predicted molar refractivity (Wildman–Crippen MR) is 47.9 cm³/mol. The van der Waals surface area contributed by atoms with Crippen molar-refractivity contribution in [2.75, 3.05) is 0 Å². The first-order valence-corrected chi connectivity index (χ1v) is 4.05. The fourth-order valence-electron chi connectivity index (χ4n) is 0.421. The molecule has 0 bridgehead atoms. The molecule has 12 heavy (non-hydrogen) atoms. The van der Waals surface area contributed by atoms with Crippen LogP contribution in [0.25, 0.3) is 0 Å². The Balaban J connectivity index is 0. The first-order chi connectivity index (χ1) is 5.37. The van der Waals surface area contributed by atoms with E-state index in [0.717, 1.165) is 0 Å². The number of rotatable bonds is 1. The van der Waals surface area contributed by atoms with E-state index < -0.39 is 8.69 Å². The Bertz CT molecular complexity index is 163. The number of carbonyl (C=O) groups is 1. The van der Waals surface area contributed by atoms with Crippen LogP contribution in [-0.4, -0.2) is 16.3 Å². The smallest absolute Gasteiger partial charge is 0.324 e. The zero-order valence-corrected chi connectivity index (χ0v) is 8.39. The number of hydrogen-bond acceptors (Lipinski definition) is 2. The lowest BCUT2D eigenvalue weighted by molar-refractivity contribution is -0.117. The van der Waals surface area contributed by atoms with Gasteiger partial charge in [-0.05, 0) is 26.8 Å². The maximum Gasteiger partial charge on any atom is 0.324 e. The van der Waals surface area contributed by atoms with Gasteiger partial charge in [-0.3, -0.25) is 4.79 Å². The highest BCUT2D eigenvalue weighted by Gasteiger charge is 2.10. The normalized spacial score (nSPS) is 9.67. The van der Waals surface area contributed by atoms with Gasteiger partial charge in [0, 0.05) is 5.54 Å². The third-order valence-corrected chi connectivity index (χ3v) is 0.684. The summed E-state index contributed by atoms with van der Waals surface area (Å²) in [4.78, 5) is 17.6. The van der Waals surface area contributed by atoms with Crippen LogP contribution in [0.15, 0.2) is 12.7 Å². The second-order valence-electron chi connectivity index (χ2n) is 3.03. The van der Waals surface area contributed by atoms with Gasteiger partial charge in [-0.1, -0.05) is 6.58 Å². The lowest BCUT2D eigenvalue weighted by atomic mass is 10.1. The molecular weight excluding hydrogens is 177 g/mol. The van der Waals surface area contributed by atoms with Gasteiger partial charge < -0.3 is 10.2 Å². The second-order valence-corrected chi connectivity index (χ2v) is 3.19. The van der Waals surface area contributed by atoms with Gasteiger partial charge >= 0.3 is 8.69 Å². The van der Waals surface area contributed by atoms with E-state index in [4.69, 9.17) is 9.46 Å². The summed E-state index contributed by atoms with van der Waals surface area (Å²) < 4.78 is 8.46. The molecule has 0 fully saturated rings.